The Morgan fingerprint density at radius 3 is 2.71 bits per heavy atom. The van der Waals surface area contributed by atoms with Crippen LogP contribution >= 0.6 is 11.9 Å². The maximum absolute atomic E-state index is 2.22. The van der Waals surface area contributed by atoms with E-state index in [-0.39, 0.29) is 0 Å². The molecule has 0 aliphatic carbocycles. The van der Waals surface area contributed by atoms with Crippen LogP contribution in [-0.4, -0.2) is 23.7 Å². The highest BCUT2D eigenvalue weighted by Crippen LogP contribution is 2.09. The zero-order valence-electron chi connectivity index (χ0n) is 4.42. The van der Waals surface area contributed by atoms with Crippen LogP contribution in [0.25, 0.3) is 0 Å². The van der Waals surface area contributed by atoms with E-state index in [1.165, 1.54) is 0 Å². The van der Waals surface area contributed by atoms with Crippen LogP contribution < -0.4 is 0 Å². The molecule has 0 spiro atoms. The minimum Gasteiger partial charge on any atom is -0.250 e. The Hall–Kier alpha value is 0.0500. The van der Waals surface area contributed by atoms with Crippen LogP contribution in [0.1, 0.15) is 0 Å². The van der Waals surface area contributed by atoms with E-state index in [1.807, 2.05) is 11.9 Å². The van der Waals surface area contributed by atoms with Crippen molar-refractivity contribution < 1.29 is 0 Å². The zero-order chi connectivity index (χ0) is 5.11. The third-order valence-electron chi connectivity index (χ3n) is 0.920. The van der Waals surface area contributed by atoms with Gasteiger partial charge in [0.05, 0.1) is 0 Å². The summed E-state index contributed by atoms with van der Waals surface area (Å²) in [5.74, 6) is 1.15. The molecule has 1 nitrogen and oxygen atoms in total. The number of rotatable bonds is 0. The van der Waals surface area contributed by atoms with E-state index < -0.39 is 0 Å². The van der Waals surface area contributed by atoms with Gasteiger partial charge in [-0.2, -0.15) is 0 Å². The molecule has 1 aliphatic heterocycles. The minimum atomic E-state index is 1.10. The molecule has 0 radical (unpaired) electrons. The predicted octanol–water partition coefficient (Wildman–Crippen LogP) is 1.14. The van der Waals surface area contributed by atoms with Gasteiger partial charge in [-0.15, -0.1) is 0 Å². The molecule has 0 N–H and O–H groups in total. The number of likely N-dealkylation sites (N-methyl/N-ethyl adjacent to an activating group) is 1. The van der Waals surface area contributed by atoms with Gasteiger partial charge in [0.15, 0.2) is 0 Å². The van der Waals surface area contributed by atoms with Crippen LogP contribution in [-0.2, 0) is 0 Å². The van der Waals surface area contributed by atoms with Gasteiger partial charge in [-0.25, -0.2) is 4.31 Å². The van der Waals surface area contributed by atoms with Crippen molar-refractivity contribution in [1.82, 2.24) is 4.31 Å². The SMILES string of the molecule is CN1CC=CCS1. The van der Waals surface area contributed by atoms with Crippen molar-refractivity contribution in [1.29, 1.82) is 0 Å². The fraction of sp³-hybridized carbons (Fsp3) is 0.600. The van der Waals surface area contributed by atoms with E-state index in [9.17, 15) is 0 Å². The van der Waals surface area contributed by atoms with Crippen LogP contribution in [0, 0.1) is 0 Å². The summed E-state index contributed by atoms with van der Waals surface area (Å²) in [6.45, 7) is 1.10. The van der Waals surface area contributed by atoms with Crippen molar-refractivity contribution in [2.45, 2.75) is 0 Å². The molecule has 0 bridgehead atoms. The Bertz CT molecular complexity index is 80.1. The second-order valence-electron chi connectivity index (χ2n) is 1.58. The van der Waals surface area contributed by atoms with Crippen molar-refractivity contribution in [3.8, 4) is 0 Å². The van der Waals surface area contributed by atoms with Gasteiger partial charge in [0, 0.05) is 12.3 Å². The summed E-state index contributed by atoms with van der Waals surface area (Å²) in [5.41, 5.74) is 0. The molecule has 7 heavy (non-hydrogen) atoms. The van der Waals surface area contributed by atoms with Gasteiger partial charge >= 0.3 is 0 Å². The maximum Gasteiger partial charge on any atom is 0.0267 e. The summed E-state index contributed by atoms with van der Waals surface area (Å²) in [7, 11) is 2.11. The smallest absolute Gasteiger partial charge is 0.0267 e. The van der Waals surface area contributed by atoms with Crippen molar-refractivity contribution in [2.24, 2.45) is 0 Å². The van der Waals surface area contributed by atoms with E-state index in [0.29, 0.717) is 0 Å². The lowest BCUT2D eigenvalue weighted by Gasteiger charge is -2.14. The van der Waals surface area contributed by atoms with Crippen molar-refractivity contribution in [3.63, 3.8) is 0 Å². The molecule has 0 saturated carbocycles. The van der Waals surface area contributed by atoms with Crippen molar-refractivity contribution in [3.05, 3.63) is 12.2 Å². The fourth-order valence-electron chi connectivity index (χ4n) is 0.514. The molecule has 2 heteroatoms. The van der Waals surface area contributed by atoms with Crippen LogP contribution in [0.3, 0.4) is 0 Å². The summed E-state index contributed by atoms with van der Waals surface area (Å²) < 4.78 is 2.22. The zero-order valence-corrected chi connectivity index (χ0v) is 5.24. The van der Waals surface area contributed by atoms with Crippen molar-refractivity contribution in [2.75, 3.05) is 19.3 Å². The largest absolute Gasteiger partial charge is 0.250 e. The van der Waals surface area contributed by atoms with Gasteiger partial charge < -0.3 is 0 Å². The number of hydrogen-bond donors (Lipinski definition) is 0. The van der Waals surface area contributed by atoms with E-state index in [0.717, 1.165) is 12.3 Å². The Labute approximate surface area is 48.5 Å². The topological polar surface area (TPSA) is 3.24 Å². The fourth-order valence-corrected chi connectivity index (χ4v) is 1.18. The van der Waals surface area contributed by atoms with E-state index in [1.54, 1.807) is 0 Å². The van der Waals surface area contributed by atoms with E-state index in [2.05, 4.69) is 23.5 Å². The molecule has 1 rings (SSSR count). The van der Waals surface area contributed by atoms with Crippen LogP contribution in [0.4, 0.5) is 0 Å². The summed E-state index contributed by atoms with van der Waals surface area (Å²) in [4.78, 5) is 0. The molecule has 0 aromatic heterocycles. The molecule has 1 aliphatic rings. The first-order chi connectivity index (χ1) is 3.39. The molecule has 0 atom stereocenters. The lowest BCUT2D eigenvalue weighted by Crippen LogP contribution is -2.11. The highest BCUT2D eigenvalue weighted by Gasteiger charge is 1.96. The monoisotopic (exact) mass is 115 g/mol. The molecular formula is C5H9NS. The highest BCUT2D eigenvalue weighted by molar-refractivity contribution is 7.97. The molecule has 40 valence electrons. The second kappa shape index (κ2) is 2.38. The first-order valence-corrected chi connectivity index (χ1v) is 3.33. The molecule has 0 unspecified atom stereocenters. The van der Waals surface area contributed by atoms with Crippen LogP contribution in [0.15, 0.2) is 12.2 Å². The standard InChI is InChI=1S/C5H9NS/c1-6-4-2-3-5-7-6/h2-3H,4-5H2,1H3. The third-order valence-corrected chi connectivity index (χ3v) is 1.85. The normalized spacial score (nSPS) is 23.0. The Balaban J connectivity index is 2.32. The first kappa shape index (κ1) is 5.19. The molecular weight excluding hydrogens is 106 g/mol. The quantitative estimate of drug-likeness (QED) is 0.344. The lowest BCUT2D eigenvalue weighted by molar-refractivity contribution is 0.631. The second-order valence-corrected chi connectivity index (χ2v) is 2.79. The average molecular weight is 115 g/mol. The molecule has 0 saturated heterocycles. The van der Waals surface area contributed by atoms with Gasteiger partial charge in [-0.1, -0.05) is 24.1 Å². The molecule has 1 heterocycles. The highest BCUT2D eigenvalue weighted by atomic mass is 32.2. The summed E-state index contributed by atoms with van der Waals surface area (Å²) in [6.07, 6.45) is 4.39. The Kier molecular flexibility index (Phi) is 1.77. The number of hydrogen-bond acceptors (Lipinski definition) is 2. The van der Waals surface area contributed by atoms with E-state index in [4.69, 9.17) is 0 Å². The Morgan fingerprint density at radius 1 is 1.57 bits per heavy atom. The molecule has 0 aromatic rings. The molecule has 0 amide bonds. The van der Waals surface area contributed by atoms with Gasteiger partial charge in [0.25, 0.3) is 0 Å². The van der Waals surface area contributed by atoms with E-state index >= 15 is 0 Å². The summed E-state index contributed by atoms with van der Waals surface area (Å²) in [5, 5.41) is 0. The summed E-state index contributed by atoms with van der Waals surface area (Å²) in [6, 6.07) is 0. The average Bonchev–Trinajstić information content (AvgIpc) is 1.69. The maximum atomic E-state index is 2.22. The molecule has 0 aromatic carbocycles. The van der Waals surface area contributed by atoms with Crippen LogP contribution in [0.5, 0.6) is 0 Å². The Morgan fingerprint density at radius 2 is 2.43 bits per heavy atom. The lowest BCUT2D eigenvalue weighted by atomic mass is 10.5. The van der Waals surface area contributed by atoms with Crippen LogP contribution in [0.2, 0.25) is 0 Å². The van der Waals surface area contributed by atoms with Gasteiger partial charge in [0.1, 0.15) is 0 Å². The molecule has 0 fully saturated rings. The first-order valence-electron chi connectivity index (χ1n) is 2.38. The van der Waals surface area contributed by atoms with Gasteiger partial charge in [-0.05, 0) is 7.05 Å². The minimum absolute atomic E-state index is 1.10. The van der Waals surface area contributed by atoms with Crippen molar-refractivity contribution >= 4 is 11.9 Å². The predicted molar refractivity (Wildman–Crippen MR) is 34.2 cm³/mol. The number of nitrogens with zero attached hydrogens (tertiary/aromatic N) is 1. The summed E-state index contributed by atoms with van der Waals surface area (Å²) >= 11 is 1.86. The third kappa shape index (κ3) is 1.53. The van der Waals surface area contributed by atoms with Gasteiger partial charge in [-0.3, -0.25) is 0 Å². The van der Waals surface area contributed by atoms with Gasteiger partial charge in [0.2, 0.25) is 0 Å².